The molecule has 0 spiro atoms. The lowest BCUT2D eigenvalue weighted by atomic mass is 9.98. The van der Waals surface area contributed by atoms with Crippen LogP contribution in [0.1, 0.15) is 32.3 Å². The topological polar surface area (TPSA) is 46.2 Å². The predicted molar refractivity (Wildman–Crippen MR) is 78.6 cm³/mol. The van der Waals surface area contributed by atoms with Crippen LogP contribution in [0.2, 0.25) is 0 Å². The third-order valence-corrected chi connectivity index (χ3v) is 5.43. The maximum absolute atomic E-state index is 13.0. The highest BCUT2D eigenvalue weighted by Gasteiger charge is 2.29. The van der Waals surface area contributed by atoms with Crippen molar-refractivity contribution >= 4 is 26.0 Å². The minimum absolute atomic E-state index is 0.128. The van der Waals surface area contributed by atoms with E-state index in [-0.39, 0.29) is 4.90 Å². The summed E-state index contributed by atoms with van der Waals surface area (Å²) in [6, 6.07) is 3.69. The van der Waals surface area contributed by atoms with Gasteiger partial charge in [0.25, 0.3) is 0 Å². The van der Waals surface area contributed by atoms with Crippen molar-refractivity contribution in [3.05, 3.63) is 29.6 Å². The largest absolute Gasteiger partial charge is 0.241 e. The SMILES string of the molecule is CCC(C)(CCBr)NS(=O)(=O)c1ccc(F)cc1C. The lowest BCUT2D eigenvalue weighted by molar-refractivity contribution is 0.392. The summed E-state index contributed by atoms with van der Waals surface area (Å²) in [7, 11) is -3.64. The molecule has 1 N–H and O–H groups in total. The molecule has 0 aliphatic heterocycles. The zero-order chi connectivity index (χ0) is 14.7. The molecular weight excluding hydrogens is 333 g/mol. The number of sulfonamides is 1. The number of hydrogen-bond donors (Lipinski definition) is 1. The highest BCUT2D eigenvalue weighted by atomic mass is 79.9. The summed E-state index contributed by atoms with van der Waals surface area (Å²) in [5.74, 6) is -0.435. The summed E-state index contributed by atoms with van der Waals surface area (Å²) < 4.78 is 40.5. The van der Waals surface area contributed by atoms with Gasteiger partial charge in [0, 0.05) is 10.9 Å². The van der Waals surface area contributed by atoms with Crippen molar-refractivity contribution in [2.45, 2.75) is 44.0 Å². The number of rotatable bonds is 6. The van der Waals surface area contributed by atoms with Gasteiger partial charge in [-0.05, 0) is 50.5 Å². The highest BCUT2D eigenvalue weighted by molar-refractivity contribution is 9.09. The first-order chi connectivity index (χ1) is 8.74. The average Bonchev–Trinajstić information content (AvgIpc) is 2.27. The van der Waals surface area contributed by atoms with Gasteiger partial charge < -0.3 is 0 Å². The molecule has 0 saturated carbocycles. The van der Waals surface area contributed by atoms with Gasteiger partial charge in [0.05, 0.1) is 4.90 Å². The number of halogens is 2. The Labute approximate surface area is 122 Å². The van der Waals surface area contributed by atoms with E-state index >= 15 is 0 Å². The van der Waals surface area contributed by atoms with Crippen LogP contribution < -0.4 is 4.72 Å². The van der Waals surface area contributed by atoms with E-state index < -0.39 is 21.4 Å². The normalized spacial score (nSPS) is 15.2. The van der Waals surface area contributed by atoms with E-state index in [0.29, 0.717) is 23.7 Å². The monoisotopic (exact) mass is 351 g/mol. The average molecular weight is 352 g/mol. The van der Waals surface area contributed by atoms with Crippen LogP contribution in [0.15, 0.2) is 23.1 Å². The molecule has 1 rings (SSSR count). The summed E-state index contributed by atoms with van der Waals surface area (Å²) in [6.07, 6.45) is 1.36. The Hall–Kier alpha value is -0.460. The molecule has 1 aromatic rings. The van der Waals surface area contributed by atoms with Crippen molar-refractivity contribution in [2.75, 3.05) is 5.33 Å². The van der Waals surface area contributed by atoms with E-state index in [1.807, 2.05) is 13.8 Å². The molecule has 108 valence electrons. The van der Waals surface area contributed by atoms with Gasteiger partial charge in [0.2, 0.25) is 10.0 Å². The maximum Gasteiger partial charge on any atom is 0.241 e. The van der Waals surface area contributed by atoms with E-state index in [9.17, 15) is 12.8 Å². The highest BCUT2D eigenvalue weighted by Crippen LogP contribution is 2.22. The Balaban J connectivity index is 3.10. The van der Waals surface area contributed by atoms with Gasteiger partial charge >= 0.3 is 0 Å². The van der Waals surface area contributed by atoms with Crippen molar-refractivity contribution in [1.29, 1.82) is 0 Å². The lowest BCUT2D eigenvalue weighted by Gasteiger charge is -2.29. The predicted octanol–water partition coefficient (Wildman–Crippen LogP) is 3.37. The van der Waals surface area contributed by atoms with Crippen molar-refractivity contribution in [3.8, 4) is 0 Å². The van der Waals surface area contributed by atoms with E-state index in [0.717, 1.165) is 6.07 Å². The van der Waals surface area contributed by atoms with Crippen LogP contribution in [-0.4, -0.2) is 19.3 Å². The Morgan fingerprint density at radius 1 is 1.42 bits per heavy atom. The lowest BCUT2D eigenvalue weighted by Crippen LogP contribution is -2.45. The smallest absolute Gasteiger partial charge is 0.207 e. The van der Waals surface area contributed by atoms with Gasteiger partial charge in [-0.1, -0.05) is 22.9 Å². The Bertz CT molecular complexity index is 548. The Kier molecular flexibility index (Phi) is 5.53. The van der Waals surface area contributed by atoms with E-state index in [1.165, 1.54) is 12.1 Å². The van der Waals surface area contributed by atoms with E-state index in [2.05, 4.69) is 20.7 Å². The number of aryl methyl sites for hydroxylation is 1. The summed E-state index contributed by atoms with van der Waals surface area (Å²) in [6.45, 7) is 5.39. The standard InChI is InChI=1S/C13H19BrFNO2S/c1-4-13(3,7-8-14)16-19(17,18)12-6-5-11(15)9-10(12)2/h5-6,9,16H,4,7-8H2,1-3H3. The van der Waals surface area contributed by atoms with Gasteiger partial charge in [0.15, 0.2) is 0 Å². The van der Waals surface area contributed by atoms with E-state index in [1.54, 1.807) is 6.92 Å². The number of hydrogen-bond acceptors (Lipinski definition) is 2. The van der Waals surface area contributed by atoms with E-state index in [4.69, 9.17) is 0 Å². The van der Waals surface area contributed by atoms with Gasteiger partial charge in [0.1, 0.15) is 5.82 Å². The molecule has 3 nitrogen and oxygen atoms in total. The van der Waals surface area contributed by atoms with Crippen molar-refractivity contribution < 1.29 is 12.8 Å². The maximum atomic E-state index is 13.0. The fourth-order valence-corrected chi connectivity index (χ4v) is 4.41. The molecule has 0 aliphatic carbocycles. The molecule has 0 aromatic heterocycles. The molecule has 1 unspecified atom stereocenters. The van der Waals surface area contributed by atoms with Gasteiger partial charge in [-0.25, -0.2) is 17.5 Å². The summed E-state index contributed by atoms with van der Waals surface area (Å²) in [5.41, 5.74) is -0.104. The van der Waals surface area contributed by atoms with Crippen LogP contribution in [0.5, 0.6) is 0 Å². The zero-order valence-electron chi connectivity index (χ0n) is 11.3. The van der Waals surface area contributed by atoms with Crippen LogP contribution in [0.4, 0.5) is 4.39 Å². The molecule has 0 bridgehead atoms. The molecule has 0 aliphatic rings. The summed E-state index contributed by atoms with van der Waals surface area (Å²) in [5, 5.41) is 0.711. The molecule has 1 atom stereocenters. The Morgan fingerprint density at radius 3 is 2.53 bits per heavy atom. The third kappa shape index (κ3) is 4.26. The van der Waals surface area contributed by atoms with Crippen molar-refractivity contribution in [3.63, 3.8) is 0 Å². The molecule has 6 heteroatoms. The molecule has 19 heavy (non-hydrogen) atoms. The second-order valence-electron chi connectivity index (χ2n) is 4.87. The van der Waals surface area contributed by atoms with Crippen molar-refractivity contribution in [2.24, 2.45) is 0 Å². The van der Waals surface area contributed by atoms with Gasteiger partial charge in [-0.15, -0.1) is 0 Å². The molecular formula is C13H19BrFNO2S. The third-order valence-electron chi connectivity index (χ3n) is 3.23. The first-order valence-corrected chi connectivity index (χ1v) is 8.70. The fraction of sp³-hybridized carbons (Fsp3) is 0.538. The number of benzene rings is 1. The summed E-state index contributed by atoms with van der Waals surface area (Å²) >= 11 is 3.33. The van der Waals surface area contributed by atoms with Crippen LogP contribution in [0, 0.1) is 12.7 Å². The fourth-order valence-electron chi connectivity index (χ4n) is 1.80. The Morgan fingerprint density at radius 2 is 2.05 bits per heavy atom. The quantitative estimate of drug-likeness (QED) is 0.798. The van der Waals surface area contributed by atoms with Gasteiger partial charge in [-0.3, -0.25) is 0 Å². The first-order valence-electron chi connectivity index (χ1n) is 6.10. The van der Waals surface area contributed by atoms with Crippen LogP contribution >= 0.6 is 15.9 Å². The van der Waals surface area contributed by atoms with Crippen LogP contribution in [0.3, 0.4) is 0 Å². The molecule has 0 heterocycles. The second-order valence-corrected chi connectivity index (χ2v) is 7.31. The first kappa shape index (κ1) is 16.6. The summed E-state index contributed by atoms with van der Waals surface area (Å²) in [4.78, 5) is 0.128. The minimum atomic E-state index is -3.64. The second kappa shape index (κ2) is 6.33. The molecule has 1 aromatic carbocycles. The minimum Gasteiger partial charge on any atom is -0.207 e. The van der Waals surface area contributed by atoms with Crippen LogP contribution in [-0.2, 0) is 10.0 Å². The molecule has 0 fully saturated rings. The molecule has 0 saturated heterocycles. The number of alkyl halides is 1. The molecule has 0 amide bonds. The van der Waals surface area contributed by atoms with Crippen molar-refractivity contribution in [1.82, 2.24) is 4.72 Å². The van der Waals surface area contributed by atoms with Gasteiger partial charge in [-0.2, -0.15) is 0 Å². The molecule has 0 radical (unpaired) electrons. The number of nitrogens with one attached hydrogen (secondary N) is 1. The zero-order valence-corrected chi connectivity index (χ0v) is 13.7. The van der Waals surface area contributed by atoms with Crippen LogP contribution in [0.25, 0.3) is 0 Å².